The molecule has 0 atom stereocenters. The summed E-state index contributed by atoms with van der Waals surface area (Å²) in [6.07, 6.45) is -2.50. The van der Waals surface area contributed by atoms with Crippen LogP contribution >= 0.6 is 0 Å². The fraction of sp³-hybridized carbons (Fsp3) is 0.538. The van der Waals surface area contributed by atoms with Crippen molar-refractivity contribution in [2.45, 2.75) is 32.6 Å². The lowest BCUT2D eigenvalue weighted by atomic mass is 9.90. The molecule has 4 nitrogen and oxygen atoms in total. The summed E-state index contributed by atoms with van der Waals surface area (Å²) in [5.41, 5.74) is 0.255. The lowest BCUT2D eigenvalue weighted by molar-refractivity contribution is 0.0696. The van der Waals surface area contributed by atoms with Crippen molar-refractivity contribution in [3.8, 4) is 0 Å². The van der Waals surface area contributed by atoms with E-state index < -0.39 is 18.9 Å². The summed E-state index contributed by atoms with van der Waals surface area (Å²) in [6, 6.07) is 2.78. The van der Waals surface area contributed by atoms with E-state index in [0.29, 0.717) is 5.69 Å². The highest BCUT2D eigenvalue weighted by atomic mass is 19.3. The molecule has 0 radical (unpaired) electrons. The molecule has 0 aromatic carbocycles. The first-order valence-electron chi connectivity index (χ1n) is 5.86. The smallest absolute Gasteiger partial charge is 0.335 e. The van der Waals surface area contributed by atoms with Gasteiger partial charge in [0.1, 0.15) is 5.82 Å². The normalized spacial score (nSPS) is 11.7. The van der Waals surface area contributed by atoms with Gasteiger partial charge in [0.05, 0.1) is 12.1 Å². The van der Waals surface area contributed by atoms with Gasteiger partial charge < -0.3 is 10.0 Å². The van der Waals surface area contributed by atoms with E-state index in [1.54, 1.807) is 0 Å². The second-order valence-electron chi connectivity index (χ2n) is 5.43. The van der Waals surface area contributed by atoms with Crippen molar-refractivity contribution in [2.75, 3.05) is 18.5 Å². The van der Waals surface area contributed by atoms with Crippen LogP contribution in [0.25, 0.3) is 0 Å². The van der Waals surface area contributed by atoms with Crippen LogP contribution in [0.4, 0.5) is 14.6 Å². The molecule has 1 N–H and O–H groups in total. The number of pyridine rings is 1. The summed E-state index contributed by atoms with van der Waals surface area (Å²) >= 11 is 0. The molecule has 0 amide bonds. The molecule has 1 rings (SSSR count). The van der Waals surface area contributed by atoms with Crippen LogP contribution in [0, 0.1) is 0 Å². The van der Waals surface area contributed by atoms with E-state index in [2.05, 4.69) is 4.98 Å². The number of carboxylic acid groups (broad SMARTS) is 1. The molecule has 1 aromatic heterocycles. The molecule has 0 bridgehead atoms. The van der Waals surface area contributed by atoms with Crippen LogP contribution in [-0.4, -0.2) is 36.1 Å². The standard InChI is InChI=1S/C13H18F2N2O2/c1-13(2,3)9-5-8(12(18)19)6-11(16-9)17(4)7-10(14)15/h5-6,10H,7H2,1-4H3,(H,18,19). The van der Waals surface area contributed by atoms with Gasteiger partial charge in [-0.25, -0.2) is 18.6 Å². The molecule has 0 saturated heterocycles. The summed E-state index contributed by atoms with van der Waals surface area (Å²) in [4.78, 5) is 16.6. The number of anilines is 1. The minimum absolute atomic E-state index is 0.0519. The Bertz CT molecular complexity index is 470. The van der Waals surface area contributed by atoms with Crippen molar-refractivity contribution < 1.29 is 18.7 Å². The van der Waals surface area contributed by atoms with E-state index in [9.17, 15) is 13.6 Å². The Kier molecular flexibility index (Phi) is 4.44. The van der Waals surface area contributed by atoms with Crippen LogP contribution in [0.15, 0.2) is 12.1 Å². The second kappa shape index (κ2) is 5.50. The van der Waals surface area contributed by atoms with E-state index in [1.807, 2.05) is 20.8 Å². The minimum atomic E-state index is -2.50. The molecule has 19 heavy (non-hydrogen) atoms. The summed E-state index contributed by atoms with van der Waals surface area (Å²) in [5, 5.41) is 9.07. The molecule has 0 fully saturated rings. The minimum Gasteiger partial charge on any atom is -0.478 e. The number of hydrogen-bond donors (Lipinski definition) is 1. The molecular formula is C13H18F2N2O2. The van der Waals surface area contributed by atoms with Crippen molar-refractivity contribution >= 4 is 11.8 Å². The summed E-state index contributed by atoms with van der Waals surface area (Å²) in [5.74, 6) is -0.857. The summed E-state index contributed by atoms with van der Waals surface area (Å²) in [6.45, 7) is 5.17. The van der Waals surface area contributed by atoms with Crippen LogP contribution in [0.5, 0.6) is 0 Å². The number of carboxylic acids is 1. The van der Waals surface area contributed by atoms with Crippen LogP contribution < -0.4 is 4.90 Å². The third-order valence-corrected chi connectivity index (χ3v) is 2.63. The number of halogens is 2. The van der Waals surface area contributed by atoms with E-state index in [4.69, 9.17) is 5.11 Å². The lowest BCUT2D eigenvalue weighted by Gasteiger charge is -2.23. The molecule has 0 saturated carbocycles. The monoisotopic (exact) mass is 272 g/mol. The average molecular weight is 272 g/mol. The summed E-state index contributed by atoms with van der Waals surface area (Å²) in [7, 11) is 1.46. The van der Waals surface area contributed by atoms with E-state index in [0.717, 1.165) is 0 Å². The Hall–Kier alpha value is -1.72. The molecular weight excluding hydrogens is 254 g/mol. The Labute approximate surface area is 111 Å². The zero-order valence-electron chi connectivity index (χ0n) is 11.4. The maximum Gasteiger partial charge on any atom is 0.335 e. The molecule has 0 aliphatic heterocycles. The first-order chi connectivity index (χ1) is 8.61. The first-order valence-corrected chi connectivity index (χ1v) is 5.86. The quantitative estimate of drug-likeness (QED) is 0.915. The maximum absolute atomic E-state index is 12.4. The van der Waals surface area contributed by atoms with Crippen molar-refractivity contribution in [3.63, 3.8) is 0 Å². The van der Waals surface area contributed by atoms with Gasteiger partial charge in [-0.05, 0) is 12.1 Å². The predicted octanol–water partition coefficient (Wildman–Crippen LogP) is 2.78. The van der Waals surface area contributed by atoms with Gasteiger partial charge in [-0.1, -0.05) is 20.8 Å². The number of hydrogen-bond acceptors (Lipinski definition) is 3. The molecule has 1 aromatic rings. The third kappa shape index (κ3) is 4.15. The van der Waals surface area contributed by atoms with Gasteiger partial charge in [0.15, 0.2) is 0 Å². The van der Waals surface area contributed by atoms with Crippen molar-refractivity contribution in [1.29, 1.82) is 0 Å². The number of alkyl halides is 2. The van der Waals surface area contributed by atoms with Crippen LogP contribution in [0.2, 0.25) is 0 Å². The number of nitrogens with zero attached hydrogens (tertiary/aromatic N) is 2. The summed E-state index contributed by atoms with van der Waals surface area (Å²) < 4.78 is 24.8. The van der Waals surface area contributed by atoms with Gasteiger partial charge in [-0.3, -0.25) is 0 Å². The lowest BCUT2D eigenvalue weighted by Crippen LogP contribution is -2.26. The van der Waals surface area contributed by atoms with Crippen LogP contribution in [0.1, 0.15) is 36.8 Å². The van der Waals surface area contributed by atoms with Crippen molar-refractivity contribution in [3.05, 3.63) is 23.4 Å². The van der Waals surface area contributed by atoms with Gasteiger partial charge in [0, 0.05) is 18.2 Å². The Morgan fingerprint density at radius 3 is 2.42 bits per heavy atom. The topological polar surface area (TPSA) is 53.4 Å². The molecule has 106 valence electrons. The van der Waals surface area contributed by atoms with Gasteiger partial charge in [-0.2, -0.15) is 0 Å². The van der Waals surface area contributed by atoms with Gasteiger partial charge >= 0.3 is 5.97 Å². The number of carbonyl (C=O) groups is 1. The van der Waals surface area contributed by atoms with Gasteiger partial charge in [0.25, 0.3) is 6.43 Å². The van der Waals surface area contributed by atoms with E-state index in [-0.39, 0.29) is 16.8 Å². The highest BCUT2D eigenvalue weighted by Gasteiger charge is 2.21. The fourth-order valence-electron chi connectivity index (χ4n) is 1.52. The molecule has 0 aliphatic carbocycles. The predicted molar refractivity (Wildman–Crippen MR) is 69.2 cm³/mol. The van der Waals surface area contributed by atoms with Crippen molar-refractivity contribution in [1.82, 2.24) is 4.98 Å². The highest BCUT2D eigenvalue weighted by molar-refractivity contribution is 5.88. The number of aromatic carboxylic acids is 1. The fourth-order valence-corrected chi connectivity index (χ4v) is 1.52. The SMILES string of the molecule is CN(CC(F)F)c1cc(C(=O)O)cc(C(C)(C)C)n1. The van der Waals surface area contributed by atoms with Crippen LogP contribution in [-0.2, 0) is 5.41 Å². The Balaban J connectivity index is 3.24. The van der Waals surface area contributed by atoms with Gasteiger partial charge in [-0.15, -0.1) is 0 Å². The molecule has 0 unspecified atom stereocenters. The molecule has 0 spiro atoms. The van der Waals surface area contributed by atoms with Crippen LogP contribution in [0.3, 0.4) is 0 Å². The first kappa shape index (κ1) is 15.3. The highest BCUT2D eigenvalue weighted by Crippen LogP contribution is 2.24. The number of aromatic nitrogens is 1. The number of rotatable bonds is 4. The van der Waals surface area contributed by atoms with Crippen molar-refractivity contribution in [2.24, 2.45) is 0 Å². The molecule has 0 aliphatic rings. The average Bonchev–Trinajstić information content (AvgIpc) is 2.26. The second-order valence-corrected chi connectivity index (χ2v) is 5.43. The van der Waals surface area contributed by atoms with Gasteiger partial charge in [0.2, 0.25) is 0 Å². The van der Waals surface area contributed by atoms with E-state index >= 15 is 0 Å². The third-order valence-electron chi connectivity index (χ3n) is 2.63. The Morgan fingerprint density at radius 2 is 2.00 bits per heavy atom. The van der Waals surface area contributed by atoms with E-state index in [1.165, 1.54) is 24.1 Å². The maximum atomic E-state index is 12.4. The Morgan fingerprint density at radius 1 is 1.42 bits per heavy atom. The molecule has 1 heterocycles. The largest absolute Gasteiger partial charge is 0.478 e. The zero-order chi connectivity index (χ0) is 14.8. The zero-order valence-corrected chi connectivity index (χ0v) is 11.4. The molecule has 6 heteroatoms.